The van der Waals surface area contributed by atoms with Crippen molar-refractivity contribution in [1.82, 2.24) is 10.3 Å². The van der Waals surface area contributed by atoms with Crippen LogP contribution in [-0.2, 0) is 12.7 Å². The fraction of sp³-hybridized carbons (Fsp3) is 0.435. The Balaban J connectivity index is 1.93. The van der Waals surface area contributed by atoms with Gasteiger partial charge in [-0.3, -0.25) is 4.98 Å². The molecule has 2 aromatic rings. The number of benzene rings is 1. The molecule has 3 rings (SSSR count). The van der Waals surface area contributed by atoms with E-state index < -0.39 is 11.7 Å². The Hall–Kier alpha value is -2.94. The van der Waals surface area contributed by atoms with E-state index >= 15 is 0 Å². The van der Waals surface area contributed by atoms with E-state index in [0.29, 0.717) is 27.6 Å². The van der Waals surface area contributed by atoms with E-state index in [-0.39, 0.29) is 17.6 Å². The van der Waals surface area contributed by atoms with E-state index in [9.17, 15) is 13.2 Å². The van der Waals surface area contributed by atoms with E-state index in [1.54, 1.807) is 19.2 Å². The number of nitrogens with one attached hydrogen (secondary N) is 1. The van der Waals surface area contributed by atoms with E-state index in [4.69, 9.17) is 17.2 Å². The minimum absolute atomic E-state index is 0.143. The Morgan fingerprint density at radius 3 is 2.47 bits per heavy atom. The van der Waals surface area contributed by atoms with Crippen LogP contribution in [0.1, 0.15) is 43.4 Å². The van der Waals surface area contributed by atoms with Gasteiger partial charge in [-0.1, -0.05) is 12.1 Å². The van der Waals surface area contributed by atoms with Gasteiger partial charge < -0.3 is 27.4 Å². The zero-order chi connectivity index (χ0) is 23.7. The molecule has 1 aromatic carbocycles. The van der Waals surface area contributed by atoms with Crippen LogP contribution in [0, 0.1) is 6.92 Å². The summed E-state index contributed by atoms with van der Waals surface area (Å²) in [6.45, 7) is 6.99. The molecule has 0 bridgehead atoms. The fourth-order valence-electron chi connectivity index (χ4n) is 3.89. The molecule has 0 aliphatic carbocycles. The van der Waals surface area contributed by atoms with Gasteiger partial charge in [-0.2, -0.15) is 13.2 Å². The van der Waals surface area contributed by atoms with Gasteiger partial charge in [-0.05, 0) is 56.9 Å². The predicted octanol–water partition coefficient (Wildman–Crippen LogP) is 1.63. The maximum atomic E-state index is 13.2. The van der Waals surface area contributed by atoms with Gasteiger partial charge in [-0.15, -0.1) is 0 Å². The minimum atomic E-state index is -4.40. The van der Waals surface area contributed by atoms with Gasteiger partial charge in [0.2, 0.25) is 0 Å². The molecule has 0 amide bonds. The first-order valence-corrected chi connectivity index (χ1v) is 10.5. The molecular weight excluding hydrogens is 417 g/mol. The summed E-state index contributed by atoms with van der Waals surface area (Å²) in [6.07, 6.45) is -0.921. The van der Waals surface area contributed by atoms with Crippen LogP contribution < -0.4 is 38.0 Å². The Morgan fingerprint density at radius 2 is 1.88 bits per heavy atom. The Labute approximate surface area is 186 Å². The molecule has 1 fully saturated rings. The van der Waals surface area contributed by atoms with E-state index in [0.717, 1.165) is 37.7 Å². The molecule has 1 saturated heterocycles. The van der Waals surface area contributed by atoms with Gasteiger partial charge in [0.25, 0.3) is 0 Å². The number of alkyl halides is 3. The van der Waals surface area contributed by atoms with Crippen molar-refractivity contribution in [3.05, 3.63) is 57.7 Å². The van der Waals surface area contributed by atoms with Crippen molar-refractivity contribution in [1.29, 1.82) is 0 Å². The van der Waals surface area contributed by atoms with Crippen molar-refractivity contribution in [2.75, 3.05) is 18.0 Å². The standard InChI is InChI=1S/C23H31F3N6/c1-14-16(5-4-6-19(14)23(24,25)26)12-31-21(28)18-11-17(13-30-20(18)15(2)27)32-9-7-22(3,29)8-10-32/h4-6,11,13,31H,7-10,12,27-29H2,1-3H3/b20-15+,21-18+. The molecule has 0 atom stereocenters. The number of anilines is 1. The highest BCUT2D eigenvalue weighted by molar-refractivity contribution is 5.52. The molecule has 174 valence electrons. The van der Waals surface area contributed by atoms with Crippen LogP contribution in [0.15, 0.2) is 30.5 Å². The van der Waals surface area contributed by atoms with Crippen LogP contribution in [0.5, 0.6) is 0 Å². The van der Waals surface area contributed by atoms with Crippen LogP contribution in [0.4, 0.5) is 18.9 Å². The zero-order valence-corrected chi connectivity index (χ0v) is 18.7. The van der Waals surface area contributed by atoms with E-state index in [1.165, 1.54) is 13.0 Å². The molecule has 0 unspecified atom stereocenters. The summed E-state index contributed by atoms with van der Waals surface area (Å²) < 4.78 is 39.6. The quantitative estimate of drug-likeness (QED) is 0.567. The molecule has 1 aromatic heterocycles. The van der Waals surface area contributed by atoms with Gasteiger partial charge in [0.1, 0.15) is 5.82 Å². The molecule has 6 nitrogen and oxygen atoms in total. The number of nitrogens with zero attached hydrogens (tertiary/aromatic N) is 2. The second kappa shape index (κ2) is 8.90. The normalized spacial score (nSPS) is 18.3. The first kappa shape index (κ1) is 23.7. The van der Waals surface area contributed by atoms with Crippen molar-refractivity contribution in [3.63, 3.8) is 0 Å². The van der Waals surface area contributed by atoms with Crippen LogP contribution in [0.3, 0.4) is 0 Å². The maximum absolute atomic E-state index is 13.2. The third-order valence-electron chi connectivity index (χ3n) is 6.03. The number of rotatable bonds is 4. The van der Waals surface area contributed by atoms with Crippen LogP contribution in [0.2, 0.25) is 0 Å². The van der Waals surface area contributed by atoms with Gasteiger partial charge >= 0.3 is 6.18 Å². The average Bonchev–Trinajstić information content (AvgIpc) is 2.71. The molecule has 0 radical (unpaired) electrons. The number of aromatic nitrogens is 1. The van der Waals surface area contributed by atoms with Gasteiger partial charge in [0, 0.05) is 36.1 Å². The number of nitrogens with two attached hydrogens (primary N) is 3. The number of pyridine rings is 1. The van der Waals surface area contributed by atoms with Crippen molar-refractivity contribution in [2.45, 2.75) is 51.9 Å². The monoisotopic (exact) mass is 448 g/mol. The first-order valence-electron chi connectivity index (χ1n) is 10.5. The first-order chi connectivity index (χ1) is 14.9. The molecule has 7 N–H and O–H groups in total. The van der Waals surface area contributed by atoms with Gasteiger partial charge in [-0.25, -0.2) is 0 Å². The largest absolute Gasteiger partial charge is 0.416 e. The number of hydrogen-bond donors (Lipinski definition) is 4. The lowest BCUT2D eigenvalue weighted by Gasteiger charge is -2.37. The Bertz CT molecular complexity index is 1090. The third-order valence-corrected chi connectivity index (χ3v) is 6.03. The number of piperidine rings is 1. The van der Waals surface area contributed by atoms with E-state index in [1.807, 2.05) is 6.07 Å². The Morgan fingerprint density at radius 1 is 1.22 bits per heavy atom. The van der Waals surface area contributed by atoms with Gasteiger partial charge in [0.15, 0.2) is 0 Å². The highest BCUT2D eigenvalue weighted by Crippen LogP contribution is 2.32. The van der Waals surface area contributed by atoms with Crippen LogP contribution in [0.25, 0.3) is 11.5 Å². The SMILES string of the molecule is C/C(N)=c1\ncc(N2CCC(C)(N)CC2)c\c1=C(\N)NCc1cccc(C(F)(F)F)c1C. The third kappa shape index (κ3) is 5.27. The molecule has 1 aliphatic heterocycles. The second-order valence-electron chi connectivity index (χ2n) is 8.77. The molecule has 0 saturated carbocycles. The summed E-state index contributed by atoms with van der Waals surface area (Å²) in [7, 11) is 0. The lowest BCUT2D eigenvalue weighted by Crippen LogP contribution is -2.49. The van der Waals surface area contributed by atoms with Crippen LogP contribution in [-0.4, -0.2) is 23.6 Å². The summed E-state index contributed by atoms with van der Waals surface area (Å²) in [6, 6.07) is 6.04. The molecule has 32 heavy (non-hydrogen) atoms. The van der Waals surface area contributed by atoms with Crippen LogP contribution >= 0.6 is 0 Å². The smallest absolute Gasteiger partial charge is 0.401 e. The highest BCUT2D eigenvalue weighted by atomic mass is 19.4. The topological polar surface area (TPSA) is 106 Å². The highest BCUT2D eigenvalue weighted by Gasteiger charge is 2.32. The lowest BCUT2D eigenvalue weighted by atomic mass is 9.91. The molecule has 1 aliphatic rings. The summed E-state index contributed by atoms with van der Waals surface area (Å²) in [5.74, 6) is 0.302. The van der Waals surface area contributed by atoms with E-state index in [2.05, 4.69) is 22.1 Å². The minimum Gasteiger partial charge on any atom is -0.401 e. The van der Waals surface area contributed by atoms with Crippen molar-refractivity contribution < 1.29 is 13.2 Å². The van der Waals surface area contributed by atoms with Crippen molar-refractivity contribution in [2.24, 2.45) is 17.2 Å². The summed E-state index contributed by atoms with van der Waals surface area (Å²) in [5.41, 5.74) is 19.9. The molecule has 9 heteroatoms. The lowest BCUT2D eigenvalue weighted by molar-refractivity contribution is -0.138. The second-order valence-corrected chi connectivity index (χ2v) is 8.77. The maximum Gasteiger partial charge on any atom is 0.416 e. The average molecular weight is 449 g/mol. The fourth-order valence-corrected chi connectivity index (χ4v) is 3.89. The Kier molecular flexibility index (Phi) is 6.59. The molecule has 0 spiro atoms. The van der Waals surface area contributed by atoms with Gasteiger partial charge in [0.05, 0.1) is 22.8 Å². The number of hydrogen-bond acceptors (Lipinski definition) is 6. The number of halogens is 3. The summed E-state index contributed by atoms with van der Waals surface area (Å²) in [5, 5.41) is 4.21. The zero-order valence-electron chi connectivity index (χ0n) is 18.7. The molecular formula is C23H31F3N6. The summed E-state index contributed by atoms with van der Waals surface area (Å²) >= 11 is 0. The predicted molar refractivity (Wildman–Crippen MR) is 121 cm³/mol. The molecule has 2 heterocycles. The summed E-state index contributed by atoms with van der Waals surface area (Å²) in [4.78, 5) is 6.70. The van der Waals surface area contributed by atoms with Crippen molar-refractivity contribution >= 4 is 17.2 Å². The van der Waals surface area contributed by atoms with Crippen molar-refractivity contribution in [3.8, 4) is 0 Å².